The fourth-order valence-corrected chi connectivity index (χ4v) is 10.6. The minimum absolute atomic E-state index is 0.179. The summed E-state index contributed by atoms with van der Waals surface area (Å²) in [6, 6.07) is 63.3. The normalized spacial score (nSPS) is 16.6. The number of hydrogen-bond donors (Lipinski definition) is 0. The largest absolute Gasteiger partial charge is 0.308 e. The van der Waals surface area contributed by atoms with Gasteiger partial charge >= 0.3 is 0 Å². The van der Waals surface area contributed by atoms with E-state index in [1.54, 1.807) is 0 Å². The highest BCUT2D eigenvalue weighted by atomic mass is 32.2. The Kier molecular flexibility index (Phi) is 8.67. The highest BCUT2D eigenvalue weighted by Gasteiger charge is 2.30. The molecule has 0 bridgehead atoms. The van der Waals surface area contributed by atoms with Crippen LogP contribution < -0.4 is 4.90 Å². The van der Waals surface area contributed by atoms with Crippen molar-refractivity contribution in [2.24, 2.45) is 0 Å². The number of anilines is 3. The Morgan fingerprint density at radius 2 is 1.28 bits per heavy atom. The van der Waals surface area contributed by atoms with E-state index in [4.69, 9.17) is 9.97 Å². The van der Waals surface area contributed by atoms with E-state index < -0.39 is 0 Å². The first-order chi connectivity index (χ1) is 30.2. The first-order valence-electron chi connectivity index (χ1n) is 21.1. The molecular weight excluding hydrogens is 761 g/mol. The van der Waals surface area contributed by atoms with E-state index in [1.807, 2.05) is 11.8 Å². The molecule has 3 aliphatic rings. The van der Waals surface area contributed by atoms with Gasteiger partial charge < -0.3 is 4.90 Å². The third kappa shape index (κ3) is 6.23. The maximum absolute atomic E-state index is 5.43. The predicted octanol–water partition coefficient (Wildman–Crippen LogP) is 14.7. The summed E-state index contributed by atoms with van der Waals surface area (Å²) >= 11 is 1.85. The summed E-state index contributed by atoms with van der Waals surface area (Å²) in [5, 5.41) is 3.75. The van der Waals surface area contributed by atoms with Crippen molar-refractivity contribution in [3.8, 4) is 17.2 Å². The lowest BCUT2D eigenvalue weighted by atomic mass is 9.85. The third-order valence-electron chi connectivity index (χ3n) is 12.5. The van der Waals surface area contributed by atoms with Gasteiger partial charge in [-0.25, -0.2) is 9.97 Å². The van der Waals surface area contributed by atoms with Crippen LogP contribution in [0.2, 0.25) is 0 Å². The van der Waals surface area contributed by atoms with E-state index in [0.717, 1.165) is 52.3 Å². The van der Waals surface area contributed by atoms with Crippen LogP contribution in [0.3, 0.4) is 0 Å². The van der Waals surface area contributed by atoms with Crippen molar-refractivity contribution >= 4 is 62.1 Å². The zero-order chi connectivity index (χ0) is 40.3. The quantitative estimate of drug-likeness (QED) is 0.168. The van der Waals surface area contributed by atoms with Gasteiger partial charge in [-0.2, -0.15) is 0 Å². The Hall–Kier alpha value is -7.21. The molecule has 61 heavy (non-hydrogen) atoms. The molecule has 0 N–H and O–H groups in total. The molecule has 290 valence electrons. The Morgan fingerprint density at radius 3 is 2.11 bits per heavy atom. The molecular formula is C56H40N4S. The summed E-state index contributed by atoms with van der Waals surface area (Å²) in [6.07, 6.45) is 13.4. The van der Waals surface area contributed by atoms with Crippen LogP contribution in [0.5, 0.6) is 0 Å². The van der Waals surface area contributed by atoms with Crippen molar-refractivity contribution in [2.75, 3.05) is 4.90 Å². The second-order valence-corrected chi connectivity index (χ2v) is 17.2. The highest BCUT2D eigenvalue weighted by Crippen LogP contribution is 2.52. The van der Waals surface area contributed by atoms with Gasteiger partial charge in [-0.15, -0.1) is 0 Å². The molecule has 0 fully saturated rings. The van der Waals surface area contributed by atoms with E-state index >= 15 is 0 Å². The van der Waals surface area contributed by atoms with Gasteiger partial charge in [-0.05, 0) is 100 Å². The van der Waals surface area contributed by atoms with Crippen LogP contribution in [0.25, 0.3) is 50.5 Å². The van der Waals surface area contributed by atoms with E-state index in [1.165, 1.54) is 54.0 Å². The van der Waals surface area contributed by atoms with E-state index in [2.05, 4.69) is 216 Å². The Bertz CT molecular complexity index is 3240. The van der Waals surface area contributed by atoms with E-state index in [-0.39, 0.29) is 5.92 Å². The summed E-state index contributed by atoms with van der Waals surface area (Å²) in [7, 11) is 0. The van der Waals surface area contributed by atoms with Crippen LogP contribution >= 0.6 is 11.8 Å². The Balaban J connectivity index is 0.996. The summed E-state index contributed by atoms with van der Waals surface area (Å²) in [5.41, 5.74) is 13.9. The van der Waals surface area contributed by atoms with Crippen LogP contribution in [-0.4, -0.2) is 14.5 Å². The average molecular weight is 801 g/mol. The van der Waals surface area contributed by atoms with Crippen molar-refractivity contribution in [3.05, 3.63) is 228 Å². The van der Waals surface area contributed by atoms with Crippen LogP contribution in [0.4, 0.5) is 17.1 Å². The van der Waals surface area contributed by atoms with Crippen LogP contribution in [0.1, 0.15) is 46.3 Å². The molecule has 0 radical (unpaired) electrons. The van der Waals surface area contributed by atoms with Gasteiger partial charge in [-0.1, -0.05) is 163 Å². The standard InChI is InChI=1S/C56H40N4S/c1-4-14-37(15-5-1)38-24-26-41(27-25-38)48-36-47(40-17-6-2-7-18-40)57-56(58-48)60-49-31-29-42(34-46(49)55-45-21-11-10-16-39(45)28-32-51(55)60)43-30-33-54-52(35-43)59(44-19-8-3-9-20-44)50-22-12-13-23-53(50)61-54/h1-24,26-33,35-36,38,42H,25,34H2. The molecule has 2 unspecified atom stereocenters. The van der Waals surface area contributed by atoms with Crippen LogP contribution in [0.15, 0.2) is 210 Å². The zero-order valence-electron chi connectivity index (χ0n) is 33.4. The number of fused-ring (bicyclic) bond motifs is 7. The summed E-state index contributed by atoms with van der Waals surface area (Å²) in [6.45, 7) is 0. The molecule has 5 heteroatoms. The van der Waals surface area contributed by atoms with Gasteiger partial charge in [0.05, 0.1) is 34.0 Å². The second-order valence-electron chi connectivity index (χ2n) is 16.1. The van der Waals surface area contributed by atoms with Gasteiger partial charge in [0, 0.05) is 38.3 Å². The van der Waals surface area contributed by atoms with Gasteiger partial charge in [0.15, 0.2) is 0 Å². The van der Waals surface area contributed by atoms with Crippen LogP contribution in [-0.2, 0) is 6.42 Å². The zero-order valence-corrected chi connectivity index (χ0v) is 34.2. The fourth-order valence-electron chi connectivity index (χ4n) is 9.53. The monoisotopic (exact) mass is 800 g/mol. The third-order valence-corrected chi connectivity index (χ3v) is 13.6. The van der Waals surface area contributed by atoms with Crippen molar-refractivity contribution in [1.29, 1.82) is 0 Å². The van der Waals surface area contributed by atoms with E-state index in [0.29, 0.717) is 11.9 Å². The van der Waals surface area contributed by atoms with Crippen molar-refractivity contribution in [3.63, 3.8) is 0 Å². The molecule has 7 aromatic carbocycles. The lowest BCUT2D eigenvalue weighted by Crippen LogP contribution is -2.16. The number of aromatic nitrogens is 3. The van der Waals surface area contributed by atoms with Gasteiger partial charge in [0.2, 0.25) is 5.95 Å². The van der Waals surface area contributed by atoms with Crippen LogP contribution in [0, 0.1) is 0 Å². The number of benzene rings is 7. The van der Waals surface area contributed by atoms with Gasteiger partial charge in [-0.3, -0.25) is 4.57 Å². The molecule has 2 aliphatic carbocycles. The summed E-state index contributed by atoms with van der Waals surface area (Å²) in [4.78, 5) is 15.8. The SMILES string of the molecule is C1=CC(c2ccccc2)CC=C1c1cc(-c2ccccc2)nc(-n2c3c(c4c5ccccc5ccc42)CC(c2ccc4c(c2)N(c2ccccc2)c2ccccc2S4)C=C3)n1. The lowest BCUT2D eigenvalue weighted by Gasteiger charge is -2.33. The highest BCUT2D eigenvalue weighted by molar-refractivity contribution is 7.99. The van der Waals surface area contributed by atoms with Crippen molar-refractivity contribution in [2.45, 2.75) is 34.5 Å². The first kappa shape index (κ1) is 35.7. The number of nitrogens with zero attached hydrogens (tertiary/aromatic N) is 4. The maximum Gasteiger partial charge on any atom is 0.235 e. The Labute approximate surface area is 359 Å². The molecule has 2 atom stereocenters. The molecule has 0 amide bonds. The number of allylic oxidation sites excluding steroid dienone is 5. The van der Waals surface area contributed by atoms with Crippen molar-refractivity contribution < 1.29 is 0 Å². The summed E-state index contributed by atoms with van der Waals surface area (Å²) in [5.74, 6) is 1.21. The fraction of sp³-hybridized carbons (Fsp3) is 0.0714. The molecule has 12 rings (SSSR count). The summed E-state index contributed by atoms with van der Waals surface area (Å²) < 4.78 is 2.32. The van der Waals surface area contributed by atoms with E-state index in [9.17, 15) is 0 Å². The first-order valence-corrected chi connectivity index (χ1v) is 21.9. The van der Waals surface area contributed by atoms with Crippen molar-refractivity contribution in [1.82, 2.24) is 14.5 Å². The minimum atomic E-state index is 0.179. The molecule has 0 saturated heterocycles. The molecule has 0 spiro atoms. The Morgan fingerprint density at radius 1 is 0.557 bits per heavy atom. The predicted molar refractivity (Wildman–Crippen MR) is 253 cm³/mol. The van der Waals surface area contributed by atoms with Gasteiger partial charge in [0.25, 0.3) is 0 Å². The topological polar surface area (TPSA) is 34.0 Å². The number of rotatable bonds is 6. The van der Waals surface area contributed by atoms with Gasteiger partial charge in [0.1, 0.15) is 0 Å². The molecule has 9 aromatic rings. The molecule has 4 nitrogen and oxygen atoms in total. The molecule has 2 aromatic heterocycles. The molecule has 1 aliphatic heterocycles. The molecule has 0 saturated carbocycles. The average Bonchev–Trinajstić information content (AvgIpc) is 3.68. The molecule has 3 heterocycles. The smallest absolute Gasteiger partial charge is 0.235 e. The second kappa shape index (κ2) is 14.8. The lowest BCUT2D eigenvalue weighted by molar-refractivity contribution is 0.818. The minimum Gasteiger partial charge on any atom is -0.308 e. The number of hydrogen-bond acceptors (Lipinski definition) is 4. The number of para-hydroxylation sites is 2. The maximum atomic E-state index is 5.43.